The van der Waals surface area contributed by atoms with Crippen molar-refractivity contribution in [1.29, 1.82) is 0 Å². The lowest BCUT2D eigenvalue weighted by Crippen LogP contribution is -2.46. The topological polar surface area (TPSA) is 49.9 Å². The lowest BCUT2D eigenvalue weighted by atomic mass is 9.71. The molecule has 1 saturated carbocycles. The van der Waals surface area contributed by atoms with E-state index in [2.05, 4.69) is 11.5 Å². The zero-order valence-corrected chi connectivity index (χ0v) is 15.1. The Morgan fingerprint density at radius 2 is 1.80 bits per heavy atom. The third kappa shape index (κ3) is 2.90. The molecule has 0 radical (unpaired) electrons. The van der Waals surface area contributed by atoms with Gasteiger partial charge in [0.05, 0.1) is 0 Å². The fraction of sp³-hybridized carbons (Fsp3) is 0.800. The van der Waals surface area contributed by atoms with Crippen LogP contribution in [0.4, 0.5) is 0 Å². The Labute approximate surface area is 150 Å². The quantitative estimate of drug-likeness (QED) is 0.721. The molecule has 2 amide bonds. The highest BCUT2D eigenvalue weighted by Crippen LogP contribution is 2.54. The van der Waals surface area contributed by atoms with E-state index < -0.39 is 0 Å². The SMILES string of the molecule is C=CC(=O)N1CCC(C(=O)N2CC3(CCOCC3)[C@@H]3CCC[C@@H]32)CC1. The molecule has 25 heavy (non-hydrogen) atoms. The van der Waals surface area contributed by atoms with Crippen molar-refractivity contribution in [3.63, 3.8) is 0 Å². The Morgan fingerprint density at radius 3 is 2.48 bits per heavy atom. The summed E-state index contributed by atoms with van der Waals surface area (Å²) >= 11 is 0. The number of ether oxygens (including phenoxy) is 1. The minimum Gasteiger partial charge on any atom is -0.381 e. The molecule has 1 spiro atoms. The van der Waals surface area contributed by atoms with Crippen LogP contribution in [-0.2, 0) is 14.3 Å². The Morgan fingerprint density at radius 1 is 1.08 bits per heavy atom. The van der Waals surface area contributed by atoms with Crippen LogP contribution in [0.1, 0.15) is 44.9 Å². The highest BCUT2D eigenvalue weighted by Gasteiger charge is 2.56. The van der Waals surface area contributed by atoms with Gasteiger partial charge in [-0.25, -0.2) is 0 Å². The van der Waals surface area contributed by atoms with Crippen LogP contribution in [0.5, 0.6) is 0 Å². The molecule has 138 valence electrons. The van der Waals surface area contributed by atoms with Crippen molar-refractivity contribution in [1.82, 2.24) is 9.80 Å². The molecule has 2 atom stereocenters. The van der Waals surface area contributed by atoms with Crippen molar-refractivity contribution in [2.45, 2.75) is 51.0 Å². The van der Waals surface area contributed by atoms with Gasteiger partial charge in [0.25, 0.3) is 0 Å². The van der Waals surface area contributed by atoms with Gasteiger partial charge >= 0.3 is 0 Å². The molecule has 3 aliphatic heterocycles. The molecule has 4 aliphatic rings. The normalized spacial score (nSPS) is 32.0. The number of rotatable bonds is 2. The van der Waals surface area contributed by atoms with Crippen molar-refractivity contribution in [2.24, 2.45) is 17.3 Å². The number of hydrogen-bond acceptors (Lipinski definition) is 3. The van der Waals surface area contributed by atoms with E-state index in [-0.39, 0.29) is 11.8 Å². The summed E-state index contributed by atoms with van der Waals surface area (Å²) in [5.41, 5.74) is 0.314. The van der Waals surface area contributed by atoms with Gasteiger partial charge in [0, 0.05) is 44.8 Å². The standard InChI is InChI=1S/C20H30N2O3/c1-2-18(23)21-10-6-15(7-11-21)19(24)22-14-20(8-12-25-13-9-20)16-4-3-5-17(16)22/h2,15-17H,1,3-14H2/t16-,17+/m1/s1. The monoisotopic (exact) mass is 346 g/mol. The summed E-state index contributed by atoms with van der Waals surface area (Å²) in [6.07, 6.45) is 8.90. The van der Waals surface area contributed by atoms with Gasteiger partial charge in [-0.3, -0.25) is 9.59 Å². The minimum absolute atomic E-state index is 0.0101. The maximum Gasteiger partial charge on any atom is 0.245 e. The van der Waals surface area contributed by atoms with Gasteiger partial charge in [-0.15, -0.1) is 0 Å². The number of nitrogens with zero attached hydrogens (tertiary/aromatic N) is 2. The first-order valence-electron chi connectivity index (χ1n) is 9.94. The second-order valence-corrected chi connectivity index (χ2v) is 8.35. The molecule has 0 N–H and O–H groups in total. The van der Waals surface area contributed by atoms with E-state index in [1.165, 1.54) is 25.3 Å². The van der Waals surface area contributed by atoms with E-state index >= 15 is 0 Å². The van der Waals surface area contributed by atoms with Gasteiger partial charge in [0.1, 0.15) is 0 Å². The lowest BCUT2D eigenvalue weighted by Gasteiger charge is -2.38. The fourth-order valence-electron chi connectivity index (χ4n) is 5.86. The molecule has 1 aliphatic carbocycles. The molecule has 0 aromatic heterocycles. The molecular weight excluding hydrogens is 316 g/mol. The van der Waals surface area contributed by atoms with E-state index in [0.717, 1.165) is 45.4 Å². The van der Waals surface area contributed by atoms with E-state index in [1.807, 2.05) is 4.90 Å². The first-order valence-corrected chi connectivity index (χ1v) is 9.94. The highest BCUT2D eigenvalue weighted by atomic mass is 16.5. The van der Waals surface area contributed by atoms with Crippen molar-refractivity contribution >= 4 is 11.8 Å². The zero-order chi connectivity index (χ0) is 17.4. The Bertz CT molecular complexity index is 547. The van der Waals surface area contributed by atoms with Crippen LogP contribution >= 0.6 is 0 Å². The lowest BCUT2D eigenvalue weighted by molar-refractivity contribution is -0.140. The number of amides is 2. The van der Waals surface area contributed by atoms with Gasteiger partial charge < -0.3 is 14.5 Å². The highest BCUT2D eigenvalue weighted by molar-refractivity contribution is 5.87. The molecule has 0 bridgehead atoms. The second-order valence-electron chi connectivity index (χ2n) is 8.35. The number of likely N-dealkylation sites (tertiary alicyclic amines) is 2. The van der Waals surface area contributed by atoms with Crippen molar-refractivity contribution in [3.05, 3.63) is 12.7 Å². The first kappa shape index (κ1) is 17.1. The molecule has 3 saturated heterocycles. The number of fused-ring (bicyclic) bond motifs is 2. The van der Waals surface area contributed by atoms with E-state index in [0.29, 0.717) is 36.4 Å². The van der Waals surface area contributed by atoms with Crippen LogP contribution in [-0.4, -0.2) is 60.5 Å². The van der Waals surface area contributed by atoms with Crippen molar-refractivity contribution in [2.75, 3.05) is 32.8 Å². The summed E-state index contributed by atoms with van der Waals surface area (Å²) in [7, 11) is 0. The molecule has 4 fully saturated rings. The molecule has 3 heterocycles. The fourth-order valence-corrected chi connectivity index (χ4v) is 5.86. The van der Waals surface area contributed by atoms with Crippen molar-refractivity contribution < 1.29 is 14.3 Å². The van der Waals surface area contributed by atoms with Gasteiger partial charge in [-0.2, -0.15) is 0 Å². The van der Waals surface area contributed by atoms with Gasteiger partial charge in [0.2, 0.25) is 11.8 Å². The minimum atomic E-state index is -0.0101. The van der Waals surface area contributed by atoms with Crippen LogP contribution in [0, 0.1) is 17.3 Å². The maximum atomic E-state index is 13.3. The molecule has 0 unspecified atom stereocenters. The van der Waals surface area contributed by atoms with Crippen LogP contribution in [0.15, 0.2) is 12.7 Å². The third-order valence-corrected chi connectivity index (χ3v) is 7.25. The number of hydrogen-bond donors (Lipinski definition) is 0. The molecule has 4 rings (SSSR count). The smallest absolute Gasteiger partial charge is 0.245 e. The summed E-state index contributed by atoms with van der Waals surface area (Å²) in [4.78, 5) is 29.1. The number of carbonyl (C=O) groups is 2. The predicted octanol–water partition coefficient (Wildman–Crippen LogP) is 2.22. The molecule has 5 nitrogen and oxygen atoms in total. The summed E-state index contributed by atoms with van der Waals surface area (Å²) in [5, 5.41) is 0. The van der Waals surface area contributed by atoms with E-state index in [9.17, 15) is 9.59 Å². The third-order valence-electron chi connectivity index (χ3n) is 7.25. The van der Waals surface area contributed by atoms with Gasteiger partial charge in [0.15, 0.2) is 0 Å². The average molecular weight is 346 g/mol. The summed E-state index contributed by atoms with van der Waals surface area (Å²) < 4.78 is 5.61. The molecular formula is C20H30N2O3. The van der Waals surface area contributed by atoms with Crippen molar-refractivity contribution in [3.8, 4) is 0 Å². The Balaban J connectivity index is 1.44. The number of carbonyl (C=O) groups excluding carboxylic acids is 2. The van der Waals surface area contributed by atoms with Crippen LogP contribution in [0.2, 0.25) is 0 Å². The molecule has 0 aromatic rings. The van der Waals surface area contributed by atoms with Gasteiger partial charge in [-0.05, 0) is 55.9 Å². The molecule has 0 aromatic carbocycles. The average Bonchev–Trinajstić information content (AvgIpc) is 3.25. The van der Waals surface area contributed by atoms with E-state index in [4.69, 9.17) is 4.74 Å². The zero-order valence-electron chi connectivity index (χ0n) is 15.1. The summed E-state index contributed by atoms with van der Waals surface area (Å²) in [5.74, 6) is 1.11. The Kier molecular flexibility index (Phi) is 4.61. The summed E-state index contributed by atoms with van der Waals surface area (Å²) in [6.45, 7) is 7.58. The number of piperidine rings is 1. The predicted molar refractivity (Wildman–Crippen MR) is 94.8 cm³/mol. The second kappa shape index (κ2) is 6.75. The van der Waals surface area contributed by atoms with Crippen LogP contribution in [0.3, 0.4) is 0 Å². The van der Waals surface area contributed by atoms with Crippen LogP contribution < -0.4 is 0 Å². The largest absolute Gasteiger partial charge is 0.381 e. The van der Waals surface area contributed by atoms with Gasteiger partial charge in [-0.1, -0.05) is 13.0 Å². The van der Waals surface area contributed by atoms with Crippen LogP contribution in [0.25, 0.3) is 0 Å². The Hall–Kier alpha value is -1.36. The molecule has 5 heteroatoms. The summed E-state index contributed by atoms with van der Waals surface area (Å²) in [6, 6.07) is 0.457. The first-order chi connectivity index (χ1) is 12.1. The van der Waals surface area contributed by atoms with E-state index in [1.54, 1.807) is 0 Å². The maximum absolute atomic E-state index is 13.3.